The highest BCUT2D eigenvalue weighted by Gasteiger charge is 2.19. The second-order valence-electron chi connectivity index (χ2n) is 22.3. The number of carbonyl (C=O) groups excluding carboxylic acids is 3. The van der Waals surface area contributed by atoms with E-state index in [4.69, 9.17) is 14.2 Å². The van der Waals surface area contributed by atoms with Gasteiger partial charge >= 0.3 is 17.9 Å². The maximum atomic E-state index is 12.9. The lowest BCUT2D eigenvalue weighted by Crippen LogP contribution is -2.30. The first-order valence-corrected chi connectivity index (χ1v) is 34.2. The van der Waals surface area contributed by atoms with Crippen molar-refractivity contribution in [3.8, 4) is 0 Å². The molecule has 1 atom stereocenters. The Labute approximate surface area is 506 Å². The molecule has 0 aromatic rings. The van der Waals surface area contributed by atoms with Crippen molar-refractivity contribution in [2.45, 2.75) is 316 Å². The first-order valence-electron chi connectivity index (χ1n) is 34.2. The molecule has 0 bridgehead atoms. The second kappa shape index (κ2) is 69.0. The van der Waals surface area contributed by atoms with Gasteiger partial charge in [-0.15, -0.1) is 0 Å². The summed E-state index contributed by atoms with van der Waals surface area (Å²) >= 11 is 0. The number of unbranched alkanes of at least 4 members (excludes halogenated alkanes) is 28. The van der Waals surface area contributed by atoms with Crippen LogP contribution in [0.2, 0.25) is 0 Å². The van der Waals surface area contributed by atoms with E-state index in [9.17, 15) is 14.4 Å². The molecule has 0 heterocycles. The molecule has 0 radical (unpaired) electrons. The summed E-state index contributed by atoms with van der Waals surface area (Å²) < 4.78 is 17.0. The normalized spacial score (nSPS) is 13.0. The molecule has 0 saturated carbocycles. The standard InChI is InChI=1S/C76H126O6/c1-4-7-10-13-16-19-22-25-28-31-33-35-37-38-40-41-43-45-48-51-54-57-60-63-66-69-75(78)81-72-73(71-80-74(77)68-65-62-59-56-53-50-47-30-27-24-21-18-15-12-9-6-3)82-76(79)70-67-64-61-58-55-52-49-46-44-42-39-36-34-32-29-26-23-20-17-14-11-8-5-2/h7-8,10-11,16-17,19-20,25-26,28-30,33-36,42,44,47,49,52,73H,4-6,9,12-15,18,21-24,27,31-32,37-41,43,45-46,48,50-51,53-72H2,1-3H3/b10-7-,11-8-,19-16-,20-17-,28-25-,29-26-,35-33-,36-34-,44-42-,47-30-,52-49-. The van der Waals surface area contributed by atoms with Gasteiger partial charge in [-0.25, -0.2) is 0 Å². The average Bonchev–Trinajstić information content (AvgIpc) is 3.47. The maximum absolute atomic E-state index is 12.9. The number of carbonyl (C=O) groups is 3. The van der Waals surface area contributed by atoms with Crippen LogP contribution in [0.5, 0.6) is 0 Å². The summed E-state index contributed by atoms with van der Waals surface area (Å²) in [7, 11) is 0. The van der Waals surface area contributed by atoms with Crippen molar-refractivity contribution in [1.29, 1.82) is 0 Å². The highest BCUT2D eigenvalue weighted by Crippen LogP contribution is 2.16. The van der Waals surface area contributed by atoms with E-state index in [0.29, 0.717) is 19.3 Å². The van der Waals surface area contributed by atoms with E-state index < -0.39 is 6.10 Å². The molecule has 6 nitrogen and oxygen atoms in total. The van der Waals surface area contributed by atoms with Gasteiger partial charge in [-0.05, 0) is 135 Å². The Morgan fingerprint density at radius 3 is 0.756 bits per heavy atom. The van der Waals surface area contributed by atoms with Gasteiger partial charge in [-0.1, -0.05) is 289 Å². The molecule has 466 valence electrons. The van der Waals surface area contributed by atoms with Gasteiger partial charge in [0, 0.05) is 19.3 Å². The number of allylic oxidation sites excluding steroid dienone is 22. The van der Waals surface area contributed by atoms with Crippen molar-refractivity contribution < 1.29 is 28.6 Å². The Kier molecular flexibility index (Phi) is 65.3. The minimum absolute atomic E-state index is 0.0947. The molecule has 6 heteroatoms. The third-order valence-corrected chi connectivity index (χ3v) is 14.4. The van der Waals surface area contributed by atoms with Gasteiger partial charge in [0.1, 0.15) is 13.2 Å². The number of ether oxygens (including phenoxy) is 3. The van der Waals surface area contributed by atoms with Crippen LogP contribution in [0.4, 0.5) is 0 Å². The lowest BCUT2D eigenvalue weighted by Gasteiger charge is -2.18. The second-order valence-corrected chi connectivity index (χ2v) is 22.3. The summed E-state index contributed by atoms with van der Waals surface area (Å²) in [6, 6.07) is 0. The zero-order chi connectivity index (χ0) is 59.2. The lowest BCUT2D eigenvalue weighted by molar-refractivity contribution is -0.167. The SMILES string of the molecule is CC/C=C\C/C=C\C/C=C\C/C=C\C/C=C\C/C=C\CCCCCCC(=O)OC(COC(=O)CCCCCCC/C=C\CCCCCCCCC)COC(=O)CCCCCCCCCCCCCC/C=C\C/C=C\C/C=C\C/C=C\CC. The van der Waals surface area contributed by atoms with Crippen molar-refractivity contribution in [1.82, 2.24) is 0 Å². The lowest BCUT2D eigenvalue weighted by atomic mass is 10.0. The van der Waals surface area contributed by atoms with E-state index in [1.54, 1.807) is 0 Å². The molecule has 0 aliphatic rings. The van der Waals surface area contributed by atoms with Gasteiger partial charge < -0.3 is 14.2 Å². The molecule has 0 fully saturated rings. The number of rotatable bonds is 61. The van der Waals surface area contributed by atoms with Crippen LogP contribution in [-0.2, 0) is 28.6 Å². The van der Waals surface area contributed by atoms with Crippen LogP contribution in [0, 0.1) is 0 Å². The predicted molar refractivity (Wildman–Crippen MR) is 357 cm³/mol. The molecule has 0 amide bonds. The van der Waals surface area contributed by atoms with Crippen LogP contribution >= 0.6 is 0 Å². The predicted octanol–water partition coefficient (Wildman–Crippen LogP) is 23.7. The van der Waals surface area contributed by atoms with Crippen LogP contribution < -0.4 is 0 Å². The Bertz CT molecular complexity index is 1730. The Morgan fingerprint density at radius 1 is 0.256 bits per heavy atom. The zero-order valence-corrected chi connectivity index (χ0v) is 53.5. The molecular formula is C76H126O6. The van der Waals surface area contributed by atoms with E-state index in [1.165, 1.54) is 128 Å². The molecule has 0 aliphatic heterocycles. The van der Waals surface area contributed by atoms with Crippen LogP contribution in [0.15, 0.2) is 134 Å². The molecule has 82 heavy (non-hydrogen) atoms. The summed E-state index contributed by atoms with van der Waals surface area (Å²) in [5.74, 6) is -0.923. The van der Waals surface area contributed by atoms with Gasteiger partial charge in [0.15, 0.2) is 6.10 Å². The number of hydrogen-bond acceptors (Lipinski definition) is 6. The minimum Gasteiger partial charge on any atom is -0.462 e. The van der Waals surface area contributed by atoms with Gasteiger partial charge in [-0.3, -0.25) is 14.4 Å². The molecule has 0 aromatic carbocycles. The summed E-state index contributed by atoms with van der Waals surface area (Å²) in [6.45, 7) is 6.40. The van der Waals surface area contributed by atoms with Crippen LogP contribution in [0.1, 0.15) is 310 Å². The Balaban J connectivity index is 4.43. The highest BCUT2D eigenvalue weighted by atomic mass is 16.6. The van der Waals surface area contributed by atoms with Crippen molar-refractivity contribution in [3.05, 3.63) is 134 Å². The monoisotopic (exact) mass is 1130 g/mol. The van der Waals surface area contributed by atoms with E-state index >= 15 is 0 Å². The maximum Gasteiger partial charge on any atom is 0.306 e. The van der Waals surface area contributed by atoms with E-state index in [0.717, 1.165) is 141 Å². The largest absolute Gasteiger partial charge is 0.462 e. The topological polar surface area (TPSA) is 78.9 Å². The molecular weight excluding hydrogens is 1010 g/mol. The summed E-state index contributed by atoms with van der Waals surface area (Å²) in [5.41, 5.74) is 0. The van der Waals surface area contributed by atoms with Crippen molar-refractivity contribution in [2.75, 3.05) is 13.2 Å². The number of esters is 3. The minimum atomic E-state index is -0.802. The molecule has 0 spiro atoms. The van der Waals surface area contributed by atoms with E-state index in [-0.39, 0.29) is 31.1 Å². The van der Waals surface area contributed by atoms with Gasteiger partial charge in [0.05, 0.1) is 0 Å². The molecule has 1 unspecified atom stereocenters. The van der Waals surface area contributed by atoms with Gasteiger partial charge in [0.2, 0.25) is 0 Å². The van der Waals surface area contributed by atoms with Crippen molar-refractivity contribution >= 4 is 17.9 Å². The number of hydrogen-bond donors (Lipinski definition) is 0. The van der Waals surface area contributed by atoms with Crippen LogP contribution in [-0.4, -0.2) is 37.2 Å². The quantitative estimate of drug-likeness (QED) is 0.0261. The van der Waals surface area contributed by atoms with Gasteiger partial charge in [0.25, 0.3) is 0 Å². The van der Waals surface area contributed by atoms with E-state index in [2.05, 4.69) is 154 Å². The molecule has 0 saturated heterocycles. The Morgan fingerprint density at radius 2 is 0.476 bits per heavy atom. The van der Waals surface area contributed by atoms with Gasteiger partial charge in [-0.2, -0.15) is 0 Å². The molecule has 0 rings (SSSR count). The van der Waals surface area contributed by atoms with Crippen LogP contribution in [0.3, 0.4) is 0 Å². The summed E-state index contributed by atoms with van der Waals surface area (Å²) in [4.78, 5) is 38.4. The summed E-state index contributed by atoms with van der Waals surface area (Å²) in [5, 5.41) is 0. The molecule has 0 N–H and O–H groups in total. The zero-order valence-electron chi connectivity index (χ0n) is 53.5. The average molecular weight is 1140 g/mol. The first kappa shape index (κ1) is 77.5. The highest BCUT2D eigenvalue weighted by molar-refractivity contribution is 5.71. The molecule has 0 aromatic heterocycles. The fourth-order valence-corrected chi connectivity index (χ4v) is 9.32. The van der Waals surface area contributed by atoms with E-state index in [1.807, 2.05) is 0 Å². The summed E-state index contributed by atoms with van der Waals surface area (Å²) in [6.07, 6.45) is 97.5. The van der Waals surface area contributed by atoms with Crippen LogP contribution in [0.25, 0.3) is 0 Å². The van der Waals surface area contributed by atoms with Crippen molar-refractivity contribution in [2.24, 2.45) is 0 Å². The third kappa shape index (κ3) is 66.4. The fraction of sp³-hybridized carbons (Fsp3) is 0.671. The fourth-order valence-electron chi connectivity index (χ4n) is 9.32. The smallest absolute Gasteiger partial charge is 0.306 e. The van der Waals surface area contributed by atoms with Crippen molar-refractivity contribution in [3.63, 3.8) is 0 Å². The molecule has 0 aliphatic carbocycles. The Hall–Kier alpha value is -4.45. The first-order chi connectivity index (χ1) is 40.5. The third-order valence-electron chi connectivity index (χ3n) is 14.4.